The molecule has 3 heterocycles. The van der Waals surface area contributed by atoms with E-state index in [1.54, 1.807) is 42.5 Å². The van der Waals surface area contributed by atoms with Crippen molar-refractivity contribution >= 4 is 11.8 Å². The Balaban J connectivity index is 0.00000353. The van der Waals surface area contributed by atoms with Gasteiger partial charge < -0.3 is 37.9 Å². The van der Waals surface area contributed by atoms with E-state index in [2.05, 4.69) is 0 Å². The summed E-state index contributed by atoms with van der Waals surface area (Å²) in [5.41, 5.74) is 0.655. The fourth-order valence-corrected chi connectivity index (χ4v) is 5.06. The lowest BCUT2D eigenvalue weighted by Crippen LogP contribution is -3.00. The van der Waals surface area contributed by atoms with E-state index in [-0.39, 0.29) is 48.8 Å². The van der Waals surface area contributed by atoms with Gasteiger partial charge in [0.15, 0.2) is 12.3 Å². The SMILES string of the molecule is CC(=O)c1ccc(-n2c(=O)n3n(c2=O)C2C(=CC3)C(C)(C)Oc3cc(OC(=O)C[N+](C)(C)C)ccc32)cc1.[I-]. The number of fused-ring (bicyclic) bond motifs is 5. The number of likely N-dealkylation sites (N-methyl/N-ethyl adjacent to an activating group) is 1. The van der Waals surface area contributed by atoms with E-state index in [1.807, 2.05) is 41.1 Å². The van der Waals surface area contributed by atoms with Crippen molar-refractivity contribution in [2.45, 2.75) is 39.0 Å². The number of esters is 1. The number of hydrogen-bond donors (Lipinski definition) is 0. The molecule has 2 aliphatic rings. The Morgan fingerprint density at radius 2 is 1.72 bits per heavy atom. The molecule has 0 radical (unpaired) electrons. The Kier molecular flexibility index (Phi) is 7.28. The molecule has 0 N–H and O–H groups in total. The maximum absolute atomic E-state index is 13.8. The number of aromatic nitrogens is 3. The molecule has 2 aliphatic heterocycles. The predicted octanol–water partition coefficient (Wildman–Crippen LogP) is -0.681. The number of Topliss-reactive ketones (excluding diaryl/α,β-unsaturated/α-hetero) is 1. The fraction of sp³-hybridized carbons (Fsp3) is 0.357. The Labute approximate surface area is 242 Å². The molecule has 5 rings (SSSR count). The minimum atomic E-state index is -0.783. The highest BCUT2D eigenvalue weighted by Gasteiger charge is 2.44. The molecule has 0 amide bonds. The molecule has 1 aromatic heterocycles. The Morgan fingerprint density at radius 1 is 1.05 bits per heavy atom. The largest absolute Gasteiger partial charge is 1.00 e. The molecule has 0 saturated carbocycles. The van der Waals surface area contributed by atoms with Gasteiger partial charge >= 0.3 is 17.3 Å². The van der Waals surface area contributed by atoms with Crippen LogP contribution in [0.3, 0.4) is 0 Å². The molecule has 206 valence electrons. The van der Waals surface area contributed by atoms with Crippen LogP contribution in [-0.2, 0) is 11.3 Å². The summed E-state index contributed by atoms with van der Waals surface area (Å²) in [6, 6.07) is 10.9. The maximum Gasteiger partial charge on any atom is 0.367 e. The summed E-state index contributed by atoms with van der Waals surface area (Å²) in [7, 11) is 5.70. The summed E-state index contributed by atoms with van der Waals surface area (Å²) < 4.78 is 16.3. The highest BCUT2D eigenvalue weighted by atomic mass is 127. The van der Waals surface area contributed by atoms with Crippen molar-refractivity contribution in [3.8, 4) is 17.2 Å². The molecular formula is C28H31IN4O6. The Bertz CT molecular complexity index is 1620. The number of carbonyl (C=O) groups is 2. The third-order valence-electron chi connectivity index (χ3n) is 6.79. The number of quaternary nitrogens is 1. The monoisotopic (exact) mass is 646 g/mol. The van der Waals surface area contributed by atoms with Crippen LogP contribution in [0.4, 0.5) is 0 Å². The van der Waals surface area contributed by atoms with Crippen LogP contribution < -0.4 is 44.8 Å². The van der Waals surface area contributed by atoms with Gasteiger partial charge in [0.25, 0.3) is 0 Å². The quantitative estimate of drug-likeness (QED) is 0.0911. The van der Waals surface area contributed by atoms with Crippen molar-refractivity contribution in [3.05, 3.63) is 86.2 Å². The molecule has 11 heteroatoms. The number of ketones is 1. The Morgan fingerprint density at radius 3 is 2.33 bits per heavy atom. The van der Waals surface area contributed by atoms with Crippen LogP contribution in [-0.4, -0.2) is 63.5 Å². The number of nitrogens with zero attached hydrogens (tertiary/aromatic N) is 4. The zero-order valence-corrected chi connectivity index (χ0v) is 24.9. The second-order valence-electron chi connectivity index (χ2n) is 11.2. The molecule has 39 heavy (non-hydrogen) atoms. The molecule has 0 spiro atoms. The first-order chi connectivity index (χ1) is 17.8. The van der Waals surface area contributed by atoms with Gasteiger partial charge in [0.05, 0.1) is 33.4 Å². The normalized spacial score (nSPS) is 17.0. The van der Waals surface area contributed by atoms with E-state index in [4.69, 9.17) is 9.47 Å². The first-order valence-electron chi connectivity index (χ1n) is 12.4. The molecular weight excluding hydrogens is 615 g/mol. The second kappa shape index (κ2) is 9.94. The van der Waals surface area contributed by atoms with Crippen molar-refractivity contribution in [1.29, 1.82) is 0 Å². The average Bonchev–Trinajstić information content (AvgIpc) is 3.07. The van der Waals surface area contributed by atoms with Crippen LogP contribution in [0.2, 0.25) is 0 Å². The molecule has 1 unspecified atom stereocenters. The predicted molar refractivity (Wildman–Crippen MR) is 140 cm³/mol. The van der Waals surface area contributed by atoms with Crippen LogP contribution in [0, 0.1) is 0 Å². The van der Waals surface area contributed by atoms with Crippen LogP contribution in [0.25, 0.3) is 5.69 Å². The average molecular weight is 646 g/mol. The van der Waals surface area contributed by atoms with Gasteiger partial charge in [-0.2, -0.15) is 0 Å². The highest BCUT2D eigenvalue weighted by Crippen LogP contribution is 2.47. The van der Waals surface area contributed by atoms with Gasteiger partial charge in [-0.25, -0.2) is 28.3 Å². The maximum atomic E-state index is 13.8. The smallest absolute Gasteiger partial charge is 0.367 e. The first-order valence-corrected chi connectivity index (χ1v) is 12.4. The van der Waals surface area contributed by atoms with Crippen molar-refractivity contribution in [1.82, 2.24) is 13.9 Å². The van der Waals surface area contributed by atoms with Crippen molar-refractivity contribution in [2.75, 3.05) is 27.7 Å². The number of rotatable bonds is 5. The van der Waals surface area contributed by atoms with Gasteiger partial charge in [-0.15, -0.1) is 0 Å². The van der Waals surface area contributed by atoms with E-state index in [0.717, 1.165) is 10.1 Å². The van der Waals surface area contributed by atoms with Crippen molar-refractivity contribution in [2.24, 2.45) is 0 Å². The highest BCUT2D eigenvalue weighted by molar-refractivity contribution is 5.94. The summed E-state index contributed by atoms with van der Waals surface area (Å²) in [5, 5.41) is 0. The van der Waals surface area contributed by atoms with E-state index < -0.39 is 23.0 Å². The van der Waals surface area contributed by atoms with Crippen molar-refractivity contribution < 1.29 is 47.5 Å². The van der Waals surface area contributed by atoms with Gasteiger partial charge in [-0.1, -0.05) is 6.08 Å². The second-order valence-corrected chi connectivity index (χ2v) is 11.2. The van der Waals surface area contributed by atoms with Crippen LogP contribution in [0.5, 0.6) is 11.5 Å². The zero-order valence-electron chi connectivity index (χ0n) is 22.7. The molecule has 10 nitrogen and oxygen atoms in total. The van der Waals surface area contributed by atoms with E-state index in [9.17, 15) is 19.2 Å². The van der Waals surface area contributed by atoms with Gasteiger partial charge in [-0.05, 0) is 62.7 Å². The lowest BCUT2D eigenvalue weighted by Gasteiger charge is -2.42. The third-order valence-corrected chi connectivity index (χ3v) is 6.79. The standard InChI is InChI=1S/C28H31N4O6.HI/c1-17(33)18-7-9-19(10-8-18)30-26(35)29-14-13-22-25(31(29)27(30)36)21-12-11-20(15-23(21)38-28(22,2)3)37-24(34)16-32(4,5)6;/h7-13,15,25H,14,16H2,1-6H3;1H/q+1;/p-1. The fourth-order valence-electron chi connectivity index (χ4n) is 5.06. The Hall–Kier alpha value is -3.45. The number of carbonyl (C=O) groups excluding carboxylic acids is 2. The molecule has 1 atom stereocenters. The van der Waals surface area contributed by atoms with Gasteiger partial charge in [0.1, 0.15) is 23.1 Å². The summed E-state index contributed by atoms with van der Waals surface area (Å²) >= 11 is 0. The van der Waals surface area contributed by atoms with Crippen LogP contribution in [0.15, 0.2) is 63.7 Å². The molecule has 0 saturated heterocycles. The van der Waals surface area contributed by atoms with Gasteiger partial charge in [0, 0.05) is 17.2 Å². The molecule has 0 fully saturated rings. The van der Waals surface area contributed by atoms with Crippen LogP contribution in [0.1, 0.15) is 42.7 Å². The first kappa shape index (κ1) is 28.6. The lowest BCUT2D eigenvalue weighted by atomic mass is 9.83. The molecule has 0 bridgehead atoms. The lowest BCUT2D eigenvalue weighted by molar-refractivity contribution is -0.862. The molecule has 2 aromatic carbocycles. The number of ether oxygens (including phenoxy) is 2. The van der Waals surface area contributed by atoms with Gasteiger partial charge in [-0.3, -0.25) is 4.79 Å². The number of halogens is 1. The third kappa shape index (κ3) is 5.12. The summed E-state index contributed by atoms with van der Waals surface area (Å²) in [6.45, 7) is 5.67. The zero-order chi connectivity index (χ0) is 27.6. The minimum absolute atomic E-state index is 0. The topological polar surface area (TPSA) is 102 Å². The summed E-state index contributed by atoms with van der Waals surface area (Å²) in [6.07, 6.45) is 1.92. The minimum Gasteiger partial charge on any atom is -1.00 e. The van der Waals surface area contributed by atoms with E-state index in [0.29, 0.717) is 32.8 Å². The molecule has 3 aromatic rings. The van der Waals surface area contributed by atoms with E-state index in [1.165, 1.54) is 16.3 Å². The number of allylic oxidation sites excluding steroid dienone is 1. The summed E-state index contributed by atoms with van der Waals surface area (Å²) in [4.78, 5) is 51.3. The van der Waals surface area contributed by atoms with E-state index >= 15 is 0 Å². The summed E-state index contributed by atoms with van der Waals surface area (Å²) in [5.74, 6) is 0.339. The van der Waals surface area contributed by atoms with Crippen molar-refractivity contribution in [3.63, 3.8) is 0 Å². The molecule has 0 aliphatic carbocycles. The van der Waals surface area contributed by atoms with Gasteiger partial charge in [0.2, 0.25) is 0 Å². The van der Waals surface area contributed by atoms with Crippen LogP contribution >= 0.6 is 0 Å². The number of benzene rings is 2. The number of hydrogen-bond acceptors (Lipinski definition) is 6.